The smallest absolute Gasteiger partial charge is 0.138 e. The van der Waals surface area contributed by atoms with E-state index in [1.807, 2.05) is 19.2 Å². The van der Waals surface area contributed by atoms with Gasteiger partial charge < -0.3 is 10.2 Å². The Morgan fingerprint density at radius 1 is 1.21 bits per heavy atom. The third-order valence-electron chi connectivity index (χ3n) is 4.37. The zero-order chi connectivity index (χ0) is 16.9. The fraction of sp³-hybridized carbons (Fsp3) is 0.500. The van der Waals surface area contributed by atoms with Gasteiger partial charge in [-0.25, -0.2) is 15.0 Å². The second-order valence-electron chi connectivity index (χ2n) is 6.17. The van der Waals surface area contributed by atoms with Crippen LogP contribution in [0.5, 0.6) is 0 Å². The van der Waals surface area contributed by atoms with Crippen LogP contribution in [0.3, 0.4) is 0 Å². The van der Waals surface area contributed by atoms with Crippen molar-refractivity contribution in [2.24, 2.45) is 0 Å². The van der Waals surface area contributed by atoms with Crippen LogP contribution in [-0.2, 0) is 13.0 Å². The van der Waals surface area contributed by atoms with Crippen molar-refractivity contribution in [3.63, 3.8) is 0 Å². The van der Waals surface area contributed by atoms with Gasteiger partial charge in [-0.3, -0.25) is 0 Å². The van der Waals surface area contributed by atoms with Crippen LogP contribution in [-0.4, -0.2) is 28.0 Å². The molecule has 2 aromatic heterocycles. The van der Waals surface area contributed by atoms with Crippen LogP contribution in [0.25, 0.3) is 0 Å². The fourth-order valence-corrected chi connectivity index (χ4v) is 3.42. The lowest BCUT2D eigenvalue weighted by atomic mass is 10.1. The van der Waals surface area contributed by atoms with Crippen LogP contribution in [0.2, 0.25) is 5.15 Å². The average Bonchev–Trinajstić information content (AvgIpc) is 2.60. The normalized spacial score (nSPS) is 14.7. The van der Waals surface area contributed by atoms with Gasteiger partial charge in [0.15, 0.2) is 0 Å². The van der Waals surface area contributed by atoms with E-state index < -0.39 is 0 Å². The molecule has 24 heavy (non-hydrogen) atoms. The van der Waals surface area contributed by atoms with Crippen molar-refractivity contribution >= 4 is 23.2 Å². The first-order chi connectivity index (χ1) is 11.7. The highest BCUT2D eigenvalue weighted by Gasteiger charge is 2.13. The Balaban J connectivity index is 1.73. The van der Waals surface area contributed by atoms with Crippen LogP contribution in [0.4, 0.5) is 11.6 Å². The van der Waals surface area contributed by atoms with E-state index in [0.717, 1.165) is 36.7 Å². The highest BCUT2D eigenvalue weighted by atomic mass is 35.5. The SMILES string of the molecule is CCc1c(Cl)nc(C)nc1NCc1ccnc(N2CCCCC2)c1. The molecule has 5 nitrogen and oxygen atoms in total. The van der Waals surface area contributed by atoms with Crippen LogP contribution in [0.1, 0.15) is 43.1 Å². The van der Waals surface area contributed by atoms with Crippen LogP contribution >= 0.6 is 11.6 Å². The number of nitrogens with zero attached hydrogens (tertiary/aromatic N) is 4. The molecule has 0 saturated carbocycles. The van der Waals surface area contributed by atoms with Crippen LogP contribution in [0, 0.1) is 6.92 Å². The van der Waals surface area contributed by atoms with Crippen LogP contribution in [0.15, 0.2) is 18.3 Å². The zero-order valence-electron chi connectivity index (χ0n) is 14.3. The number of pyridine rings is 1. The Bertz CT molecular complexity index is 698. The van der Waals surface area contributed by atoms with Gasteiger partial charge in [-0.05, 0) is 50.3 Å². The monoisotopic (exact) mass is 345 g/mol. The minimum atomic E-state index is 0.538. The second-order valence-corrected chi connectivity index (χ2v) is 6.52. The summed E-state index contributed by atoms with van der Waals surface area (Å²) < 4.78 is 0. The molecule has 0 unspecified atom stereocenters. The Morgan fingerprint density at radius 3 is 2.75 bits per heavy atom. The van der Waals surface area contributed by atoms with E-state index in [-0.39, 0.29) is 0 Å². The predicted molar refractivity (Wildman–Crippen MR) is 98.8 cm³/mol. The number of rotatable bonds is 5. The minimum absolute atomic E-state index is 0.538. The van der Waals surface area contributed by atoms with Crippen LogP contribution < -0.4 is 10.2 Å². The first-order valence-corrected chi connectivity index (χ1v) is 9.02. The quantitative estimate of drug-likeness (QED) is 0.830. The number of hydrogen-bond acceptors (Lipinski definition) is 5. The van der Waals surface area contributed by atoms with E-state index >= 15 is 0 Å². The van der Waals surface area contributed by atoms with Crippen molar-refractivity contribution in [1.82, 2.24) is 15.0 Å². The molecule has 1 fully saturated rings. The Morgan fingerprint density at radius 2 is 2.00 bits per heavy atom. The van der Waals surface area contributed by atoms with Gasteiger partial charge in [-0.1, -0.05) is 18.5 Å². The van der Waals surface area contributed by atoms with Gasteiger partial charge in [-0.15, -0.1) is 0 Å². The van der Waals surface area contributed by atoms with Gasteiger partial charge in [-0.2, -0.15) is 0 Å². The summed E-state index contributed by atoms with van der Waals surface area (Å²) in [5.74, 6) is 2.58. The van der Waals surface area contributed by atoms with Crippen molar-refractivity contribution in [3.8, 4) is 0 Å². The molecular weight excluding hydrogens is 322 g/mol. The molecule has 1 N–H and O–H groups in total. The largest absolute Gasteiger partial charge is 0.366 e. The van der Waals surface area contributed by atoms with E-state index in [1.165, 1.54) is 24.8 Å². The van der Waals surface area contributed by atoms with E-state index in [9.17, 15) is 0 Å². The summed E-state index contributed by atoms with van der Waals surface area (Å²) in [7, 11) is 0. The Labute approximate surface area is 148 Å². The molecular formula is C18H24ClN5. The van der Waals surface area contributed by atoms with Crippen molar-refractivity contribution in [1.29, 1.82) is 0 Å². The molecule has 0 amide bonds. The molecule has 6 heteroatoms. The first-order valence-electron chi connectivity index (χ1n) is 8.64. The Hall–Kier alpha value is -1.88. The summed E-state index contributed by atoms with van der Waals surface area (Å²) in [6.45, 7) is 6.82. The molecule has 0 aliphatic carbocycles. The average molecular weight is 346 g/mol. The number of aryl methyl sites for hydroxylation is 1. The van der Waals surface area contributed by atoms with Gasteiger partial charge in [0.05, 0.1) is 0 Å². The lowest BCUT2D eigenvalue weighted by Crippen LogP contribution is -2.30. The number of nitrogens with one attached hydrogen (secondary N) is 1. The summed E-state index contributed by atoms with van der Waals surface area (Å²) in [6.07, 6.45) is 6.52. The zero-order valence-corrected chi connectivity index (χ0v) is 15.1. The van der Waals surface area contributed by atoms with E-state index in [1.54, 1.807) is 0 Å². The molecule has 2 aromatic rings. The molecule has 3 rings (SSSR count). The minimum Gasteiger partial charge on any atom is -0.366 e. The maximum Gasteiger partial charge on any atom is 0.138 e. The molecule has 1 saturated heterocycles. The van der Waals surface area contributed by atoms with Gasteiger partial charge >= 0.3 is 0 Å². The highest BCUT2D eigenvalue weighted by Crippen LogP contribution is 2.23. The van der Waals surface area contributed by atoms with E-state index in [4.69, 9.17) is 11.6 Å². The molecule has 128 valence electrons. The fourth-order valence-electron chi connectivity index (χ4n) is 3.07. The highest BCUT2D eigenvalue weighted by molar-refractivity contribution is 6.30. The van der Waals surface area contributed by atoms with E-state index in [0.29, 0.717) is 17.5 Å². The lowest BCUT2D eigenvalue weighted by molar-refractivity contribution is 0.573. The molecule has 1 aliphatic rings. The lowest BCUT2D eigenvalue weighted by Gasteiger charge is -2.28. The standard InChI is InChI=1S/C18H24ClN5/c1-3-15-17(19)22-13(2)23-18(15)21-12-14-7-8-20-16(11-14)24-9-5-4-6-10-24/h7-8,11H,3-6,9-10,12H2,1-2H3,(H,21,22,23). The van der Waals surface area contributed by atoms with Gasteiger partial charge in [0.2, 0.25) is 0 Å². The summed E-state index contributed by atoms with van der Waals surface area (Å²) in [5, 5.41) is 3.95. The third kappa shape index (κ3) is 3.96. The maximum atomic E-state index is 6.24. The maximum absolute atomic E-state index is 6.24. The van der Waals surface area contributed by atoms with Crippen molar-refractivity contribution in [2.75, 3.05) is 23.3 Å². The van der Waals surface area contributed by atoms with Crippen molar-refractivity contribution in [3.05, 3.63) is 40.4 Å². The van der Waals surface area contributed by atoms with E-state index in [2.05, 4.69) is 38.2 Å². The summed E-state index contributed by atoms with van der Waals surface area (Å²) in [6, 6.07) is 4.21. The third-order valence-corrected chi connectivity index (χ3v) is 4.68. The van der Waals surface area contributed by atoms with Gasteiger partial charge in [0.1, 0.15) is 22.6 Å². The number of halogens is 1. The van der Waals surface area contributed by atoms with Crippen molar-refractivity contribution < 1.29 is 0 Å². The first kappa shape index (κ1) is 17.0. The summed E-state index contributed by atoms with van der Waals surface area (Å²) >= 11 is 6.24. The molecule has 1 aliphatic heterocycles. The Kier molecular flexibility index (Phi) is 5.51. The molecule has 0 bridgehead atoms. The molecule has 0 atom stereocenters. The summed E-state index contributed by atoms with van der Waals surface area (Å²) in [4.78, 5) is 15.6. The predicted octanol–water partition coefficient (Wildman–Crippen LogP) is 4.00. The number of piperidine rings is 1. The second kappa shape index (κ2) is 7.79. The molecule has 0 aromatic carbocycles. The number of hydrogen-bond donors (Lipinski definition) is 1. The molecule has 0 spiro atoms. The summed E-state index contributed by atoms with van der Waals surface area (Å²) in [5.41, 5.74) is 2.16. The topological polar surface area (TPSA) is 53.9 Å². The number of aromatic nitrogens is 3. The number of anilines is 2. The molecule has 0 radical (unpaired) electrons. The van der Waals surface area contributed by atoms with Crippen molar-refractivity contribution in [2.45, 2.75) is 46.1 Å². The van der Waals surface area contributed by atoms with Gasteiger partial charge in [0, 0.05) is 31.4 Å². The molecule has 3 heterocycles. The van der Waals surface area contributed by atoms with Gasteiger partial charge in [0.25, 0.3) is 0 Å².